The average Bonchev–Trinajstić information content (AvgIpc) is 2.34. The van der Waals surface area contributed by atoms with Crippen LogP contribution in [0.3, 0.4) is 0 Å². The minimum atomic E-state index is -1.02. The van der Waals surface area contributed by atoms with Crippen molar-refractivity contribution in [2.75, 3.05) is 0 Å². The Kier molecular flexibility index (Phi) is 11.3. The van der Waals surface area contributed by atoms with Gasteiger partial charge in [-0.2, -0.15) is 0 Å². The molecule has 1 atom stereocenters. The number of unbranched alkanes of at least 4 members (excludes halogenated alkanes) is 8. The molecule has 0 spiro atoms. The first-order valence-electron chi connectivity index (χ1n) is 7.52. The number of hydrogen-bond acceptors (Lipinski definition) is 2. The highest BCUT2D eigenvalue weighted by Crippen LogP contribution is 2.16. The molecule has 0 aliphatic carbocycles. The maximum absolute atomic E-state index is 10.8. The van der Waals surface area contributed by atoms with Gasteiger partial charge in [0.15, 0.2) is 0 Å². The molecule has 0 heterocycles. The molecule has 0 saturated carbocycles. The van der Waals surface area contributed by atoms with Crippen LogP contribution in [0.15, 0.2) is 0 Å². The number of carboxylic acids is 2. The van der Waals surface area contributed by atoms with Crippen molar-refractivity contribution < 1.29 is 19.8 Å². The van der Waals surface area contributed by atoms with Gasteiger partial charge in [-0.05, 0) is 6.42 Å². The fourth-order valence-corrected chi connectivity index (χ4v) is 2.23. The van der Waals surface area contributed by atoms with Crippen LogP contribution in [-0.4, -0.2) is 22.2 Å². The maximum atomic E-state index is 10.8. The first-order chi connectivity index (χ1) is 9.07. The number of aliphatic carboxylic acids is 2. The Bertz CT molecular complexity index is 251. The van der Waals surface area contributed by atoms with Crippen molar-refractivity contribution in [3.8, 4) is 0 Å². The van der Waals surface area contributed by atoms with Gasteiger partial charge in [0.25, 0.3) is 0 Å². The SMILES string of the molecule is CCCCCCCCCCCC(CC(=O)O)C(=O)O. The third kappa shape index (κ3) is 11.7. The van der Waals surface area contributed by atoms with Crippen molar-refractivity contribution in [3.05, 3.63) is 0 Å². The third-order valence-corrected chi connectivity index (χ3v) is 3.43. The highest BCUT2D eigenvalue weighted by atomic mass is 16.4. The second-order valence-electron chi connectivity index (χ2n) is 5.25. The molecule has 0 bridgehead atoms. The van der Waals surface area contributed by atoms with E-state index in [4.69, 9.17) is 10.2 Å². The lowest BCUT2D eigenvalue weighted by atomic mass is 9.97. The van der Waals surface area contributed by atoms with Gasteiger partial charge < -0.3 is 10.2 Å². The Morgan fingerprint density at radius 2 is 1.32 bits per heavy atom. The second kappa shape index (κ2) is 12.0. The zero-order valence-electron chi connectivity index (χ0n) is 12.1. The van der Waals surface area contributed by atoms with E-state index in [0.717, 1.165) is 19.3 Å². The fourth-order valence-electron chi connectivity index (χ4n) is 2.23. The molecule has 112 valence electrons. The normalized spacial score (nSPS) is 12.3. The third-order valence-electron chi connectivity index (χ3n) is 3.43. The van der Waals surface area contributed by atoms with Crippen LogP contribution in [0.5, 0.6) is 0 Å². The first-order valence-corrected chi connectivity index (χ1v) is 7.52. The van der Waals surface area contributed by atoms with E-state index in [0.29, 0.717) is 6.42 Å². The standard InChI is InChI=1S/C15H28O4/c1-2-3-4-5-6-7-8-9-10-11-13(15(18)19)12-14(16)17/h13H,2-12H2,1H3,(H,16,17)(H,18,19). The van der Waals surface area contributed by atoms with Gasteiger partial charge in [0.1, 0.15) is 0 Å². The van der Waals surface area contributed by atoms with Crippen LogP contribution < -0.4 is 0 Å². The first kappa shape index (κ1) is 17.9. The molecule has 19 heavy (non-hydrogen) atoms. The molecule has 0 saturated heterocycles. The molecule has 2 N–H and O–H groups in total. The lowest BCUT2D eigenvalue weighted by Gasteiger charge is -2.09. The summed E-state index contributed by atoms with van der Waals surface area (Å²) in [7, 11) is 0. The van der Waals surface area contributed by atoms with Crippen LogP contribution >= 0.6 is 0 Å². The van der Waals surface area contributed by atoms with Gasteiger partial charge in [-0.15, -0.1) is 0 Å². The monoisotopic (exact) mass is 272 g/mol. The molecule has 0 aromatic rings. The van der Waals surface area contributed by atoms with Crippen LogP contribution in [0.2, 0.25) is 0 Å². The molecule has 0 rings (SSSR count). The molecule has 0 radical (unpaired) electrons. The molecule has 1 unspecified atom stereocenters. The fraction of sp³-hybridized carbons (Fsp3) is 0.867. The average molecular weight is 272 g/mol. The lowest BCUT2D eigenvalue weighted by Crippen LogP contribution is -2.17. The smallest absolute Gasteiger partial charge is 0.307 e. The summed E-state index contributed by atoms with van der Waals surface area (Å²) in [5.74, 6) is -2.73. The molecule has 0 aromatic heterocycles. The maximum Gasteiger partial charge on any atom is 0.307 e. The Morgan fingerprint density at radius 1 is 0.842 bits per heavy atom. The van der Waals surface area contributed by atoms with Crippen molar-refractivity contribution in [3.63, 3.8) is 0 Å². The Balaban J connectivity index is 3.45. The van der Waals surface area contributed by atoms with Crippen molar-refractivity contribution in [1.29, 1.82) is 0 Å². The quantitative estimate of drug-likeness (QED) is 0.495. The largest absolute Gasteiger partial charge is 0.481 e. The summed E-state index contributed by atoms with van der Waals surface area (Å²) < 4.78 is 0. The van der Waals surface area contributed by atoms with Crippen LogP contribution in [0.4, 0.5) is 0 Å². The van der Waals surface area contributed by atoms with E-state index < -0.39 is 17.9 Å². The van der Waals surface area contributed by atoms with Gasteiger partial charge in [0.2, 0.25) is 0 Å². The number of rotatable bonds is 13. The molecule has 0 aromatic carbocycles. The number of carboxylic acid groups (broad SMARTS) is 2. The van der Waals surface area contributed by atoms with Crippen LogP contribution in [0, 0.1) is 5.92 Å². The molecule has 4 nitrogen and oxygen atoms in total. The number of carbonyl (C=O) groups is 2. The molecule has 0 aliphatic heterocycles. The summed E-state index contributed by atoms with van der Waals surface area (Å²) in [6.45, 7) is 2.20. The van der Waals surface area contributed by atoms with Gasteiger partial charge >= 0.3 is 11.9 Å². The molecule has 4 heteroatoms. The van der Waals surface area contributed by atoms with E-state index in [9.17, 15) is 9.59 Å². The van der Waals surface area contributed by atoms with Crippen molar-refractivity contribution in [2.24, 2.45) is 5.92 Å². The van der Waals surface area contributed by atoms with Crippen LogP contribution in [0.25, 0.3) is 0 Å². The summed E-state index contributed by atoms with van der Waals surface area (Å²) in [5.41, 5.74) is 0. The van der Waals surface area contributed by atoms with Crippen molar-refractivity contribution in [1.82, 2.24) is 0 Å². The van der Waals surface area contributed by atoms with Crippen molar-refractivity contribution >= 4 is 11.9 Å². The van der Waals surface area contributed by atoms with Gasteiger partial charge in [0, 0.05) is 0 Å². The summed E-state index contributed by atoms with van der Waals surface area (Å²) >= 11 is 0. The minimum absolute atomic E-state index is 0.258. The topological polar surface area (TPSA) is 74.6 Å². The molecular weight excluding hydrogens is 244 g/mol. The zero-order chi connectivity index (χ0) is 14.5. The van der Waals surface area contributed by atoms with Crippen molar-refractivity contribution in [2.45, 2.75) is 77.6 Å². The van der Waals surface area contributed by atoms with Crippen LogP contribution in [0.1, 0.15) is 77.6 Å². The van der Waals surface area contributed by atoms with Gasteiger partial charge in [0.05, 0.1) is 12.3 Å². The number of hydrogen-bond donors (Lipinski definition) is 2. The molecular formula is C15H28O4. The Labute approximate surface area is 116 Å². The molecule has 0 amide bonds. The van der Waals surface area contributed by atoms with E-state index in [-0.39, 0.29) is 6.42 Å². The molecule has 0 aliphatic rings. The second-order valence-corrected chi connectivity index (χ2v) is 5.25. The van der Waals surface area contributed by atoms with Crippen LogP contribution in [-0.2, 0) is 9.59 Å². The minimum Gasteiger partial charge on any atom is -0.481 e. The highest BCUT2D eigenvalue weighted by Gasteiger charge is 2.19. The zero-order valence-corrected chi connectivity index (χ0v) is 12.1. The lowest BCUT2D eigenvalue weighted by molar-refractivity contribution is -0.148. The van der Waals surface area contributed by atoms with E-state index in [1.165, 1.54) is 38.5 Å². The van der Waals surface area contributed by atoms with E-state index >= 15 is 0 Å². The summed E-state index contributed by atoms with van der Waals surface area (Å²) in [4.78, 5) is 21.3. The summed E-state index contributed by atoms with van der Waals surface area (Å²) in [5, 5.41) is 17.5. The van der Waals surface area contributed by atoms with Gasteiger partial charge in [-0.25, -0.2) is 0 Å². The van der Waals surface area contributed by atoms with Gasteiger partial charge in [-0.3, -0.25) is 9.59 Å². The molecule has 0 fully saturated rings. The summed E-state index contributed by atoms with van der Waals surface area (Å²) in [6.07, 6.45) is 10.8. The van der Waals surface area contributed by atoms with E-state index in [1.807, 2.05) is 0 Å². The highest BCUT2D eigenvalue weighted by molar-refractivity contribution is 5.77. The predicted molar refractivity (Wildman–Crippen MR) is 75.2 cm³/mol. The predicted octanol–water partition coefficient (Wildman–Crippen LogP) is 4.08. The Hall–Kier alpha value is -1.06. The summed E-state index contributed by atoms with van der Waals surface area (Å²) in [6, 6.07) is 0. The van der Waals surface area contributed by atoms with Gasteiger partial charge in [-0.1, -0.05) is 64.7 Å². The Morgan fingerprint density at radius 3 is 1.74 bits per heavy atom. The van der Waals surface area contributed by atoms with E-state index in [2.05, 4.69) is 6.92 Å². The van der Waals surface area contributed by atoms with E-state index in [1.54, 1.807) is 0 Å².